The summed E-state index contributed by atoms with van der Waals surface area (Å²) in [4.78, 5) is 39.2. The maximum absolute atomic E-state index is 12.4. The number of ether oxygens (including phenoxy) is 1. The lowest BCUT2D eigenvalue weighted by molar-refractivity contribution is 0.0495. The number of benzene rings is 2. The quantitative estimate of drug-likeness (QED) is 0.466. The van der Waals surface area contributed by atoms with E-state index in [0.29, 0.717) is 10.9 Å². The van der Waals surface area contributed by atoms with Crippen LogP contribution < -0.4 is 11.2 Å². The Hall–Kier alpha value is -2.91. The lowest BCUT2D eigenvalue weighted by Gasteiger charge is -2.08. The SMILES string of the molecule is CS(=O)(=O)c1cc(C(=O)OCCCn2c(=O)[nH]c3ccccc3c2=O)ccc1Cl. The molecule has 0 spiro atoms. The third kappa shape index (κ3) is 4.57. The number of hydrogen-bond acceptors (Lipinski definition) is 6. The van der Waals surface area contributed by atoms with Crippen LogP contribution in [0, 0.1) is 0 Å². The molecule has 0 bridgehead atoms. The van der Waals surface area contributed by atoms with Crippen LogP contribution in [0.4, 0.5) is 0 Å². The molecule has 0 aliphatic heterocycles. The summed E-state index contributed by atoms with van der Waals surface area (Å²) in [6, 6.07) is 10.5. The van der Waals surface area contributed by atoms with Gasteiger partial charge in [0.2, 0.25) is 0 Å². The molecular formula is C19H17ClN2O6S. The average molecular weight is 437 g/mol. The minimum Gasteiger partial charge on any atom is -0.462 e. The summed E-state index contributed by atoms with van der Waals surface area (Å²) < 4.78 is 29.6. The first kappa shape index (κ1) is 20.8. The highest BCUT2D eigenvalue weighted by Gasteiger charge is 2.16. The molecule has 1 heterocycles. The number of carbonyl (C=O) groups is 1. The van der Waals surface area contributed by atoms with Gasteiger partial charge in [0, 0.05) is 12.8 Å². The van der Waals surface area contributed by atoms with Crippen LogP contribution in [-0.4, -0.2) is 36.8 Å². The van der Waals surface area contributed by atoms with Gasteiger partial charge in [-0.05, 0) is 36.8 Å². The van der Waals surface area contributed by atoms with Gasteiger partial charge in [-0.15, -0.1) is 0 Å². The lowest BCUT2D eigenvalue weighted by Crippen LogP contribution is -2.35. The Bertz CT molecular complexity index is 1310. The van der Waals surface area contributed by atoms with Gasteiger partial charge in [-0.25, -0.2) is 18.0 Å². The van der Waals surface area contributed by atoms with Crippen molar-refractivity contribution in [2.45, 2.75) is 17.9 Å². The highest BCUT2D eigenvalue weighted by molar-refractivity contribution is 7.90. The molecule has 8 nitrogen and oxygen atoms in total. The summed E-state index contributed by atoms with van der Waals surface area (Å²) in [5.74, 6) is -0.730. The molecule has 0 saturated carbocycles. The van der Waals surface area contributed by atoms with Gasteiger partial charge in [-0.3, -0.25) is 9.36 Å². The molecule has 0 radical (unpaired) electrons. The number of aromatic nitrogens is 2. The number of rotatable bonds is 6. The van der Waals surface area contributed by atoms with Gasteiger partial charge in [0.25, 0.3) is 5.56 Å². The van der Waals surface area contributed by atoms with Crippen molar-refractivity contribution in [3.05, 3.63) is 73.9 Å². The van der Waals surface area contributed by atoms with E-state index in [1.807, 2.05) is 0 Å². The number of aromatic amines is 1. The van der Waals surface area contributed by atoms with E-state index >= 15 is 0 Å². The highest BCUT2D eigenvalue weighted by atomic mass is 35.5. The van der Waals surface area contributed by atoms with Crippen molar-refractivity contribution in [1.29, 1.82) is 0 Å². The Kier molecular flexibility index (Phi) is 5.90. The molecule has 1 aromatic heterocycles. The zero-order valence-electron chi connectivity index (χ0n) is 15.3. The molecule has 1 N–H and O–H groups in total. The molecule has 29 heavy (non-hydrogen) atoms. The third-order valence-corrected chi connectivity index (χ3v) is 5.79. The smallest absolute Gasteiger partial charge is 0.338 e. The number of hydrogen-bond donors (Lipinski definition) is 1. The number of nitrogens with zero attached hydrogens (tertiary/aromatic N) is 1. The van der Waals surface area contributed by atoms with E-state index < -0.39 is 27.1 Å². The van der Waals surface area contributed by atoms with Crippen molar-refractivity contribution in [3.8, 4) is 0 Å². The van der Waals surface area contributed by atoms with Crippen LogP contribution >= 0.6 is 11.6 Å². The Morgan fingerprint density at radius 2 is 1.90 bits per heavy atom. The first-order valence-corrected chi connectivity index (χ1v) is 10.8. The summed E-state index contributed by atoms with van der Waals surface area (Å²) in [6.07, 6.45) is 1.21. The fourth-order valence-electron chi connectivity index (χ4n) is 2.79. The fourth-order valence-corrected chi connectivity index (χ4v) is 4.09. The van der Waals surface area contributed by atoms with Crippen LogP contribution in [0.2, 0.25) is 5.02 Å². The Morgan fingerprint density at radius 3 is 2.62 bits per heavy atom. The Balaban J connectivity index is 1.67. The zero-order valence-corrected chi connectivity index (χ0v) is 16.9. The van der Waals surface area contributed by atoms with Gasteiger partial charge in [-0.2, -0.15) is 0 Å². The van der Waals surface area contributed by atoms with Crippen molar-refractivity contribution >= 4 is 38.3 Å². The normalized spacial score (nSPS) is 11.5. The van der Waals surface area contributed by atoms with Gasteiger partial charge in [-0.1, -0.05) is 23.7 Å². The molecule has 0 aliphatic carbocycles. The first-order valence-electron chi connectivity index (χ1n) is 8.57. The second-order valence-corrected chi connectivity index (χ2v) is 8.73. The summed E-state index contributed by atoms with van der Waals surface area (Å²) >= 11 is 5.86. The number of H-pyrrole nitrogens is 1. The van der Waals surface area contributed by atoms with Gasteiger partial charge in [0.05, 0.1) is 33.0 Å². The van der Waals surface area contributed by atoms with Crippen molar-refractivity contribution in [1.82, 2.24) is 9.55 Å². The average Bonchev–Trinajstić information content (AvgIpc) is 2.66. The van der Waals surface area contributed by atoms with Crippen LogP contribution in [0.3, 0.4) is 0 Å². The molecule has 3 rings (SSSR count). The number of para-hydroxylation sites is 1. The second kappa shape index (κ2) is 8.22. The van der Waals surface area contributed by atoms with Crippen molar-refractivity contribution in [3.63, 3.8) is 0 Å². The molecular weight excluding hydrogens is 420 g/mol. The summed E-state index contributed by atoms with van der Waals surface area (Å²) in [5, 5.41) is 0.400. The second-order valence-electron chi connectivity index (χ2n) is 6.34. The van der Waals surface area contributed by atoms with Crippen molar-refractivity contribution in [2.24, 2.45) is 0 Å². The number of nitrogens with one attached hydrogen (secondary N) is 1. The van der Waals surface area contributed by atoms with Gasteiger partial charge < -0.3 is 9.72 Å². The first-order chi connectivity index (χ1) is 13.7. The molecule has 0 aliphatic rings. The fraction of sp³-hybridized carbons (Fsp3) is 0.211. The third-order valence-electron chi connectivity index (χ3n) is 4.21. The maximum atomic E-state index is 12.4. The summed E-state index contributed by atoms with van der Waals surface area (Å²) in [7, 11) is -3.59. The standard InChI is InChI=1S/C19H17ClN2O6S/c1-29(26,27)16-11-12(7-8-14(16)20)18(24)28-10-4-9-22-17(23)13-5-2-3-6-15(13)21-19(22)25/h2-3,5-8,11H,4,9-10H2,1H3,(H,21,25). The van der Waals surface area contributed by atoms with E-state index in [0.717, 1.165) is 16.9 Å². The van der Waals surface area contributed by atoms with Crippen LogP contribution in [0.15, 0.2) is 56.9 Å². The van der Waals surface area contributed by atoms with Gasteiger partial charge in [0.1, 0.15) is 0 Å². The van der Waals surface area contributed by atoms with Gasteiger partial charge in [0.15, 0.2) is 9.84 Å². The molecule has 0 amide bonds. The van der Waals surface area contributed by atoms with Crippen LogP contribution in [-0.2, 0) is 21.1 Å². The lowest BCUT2D eigenvalue weighted by atomic mass is 10.2. The molecule has 0 fully saturated rings. The van der Waals surface area contributed by atoms with Crippen molar-refractivity contribution < 1.29 is 17.9 Å². The van der Waals surface area contributed by atoms with Crippen LogP contribution in [0.1, 0.15) is 16.8 Å². The number of fused-ring (bicyclic) bond motifs is 1. The van der Waals surface area contributed by atoms with E-state index in [1.54, 1.807) is 24.3 Å². The zero-order chi connectivity index (χ0) is 21.2. The Morgan fingerprint density at radius 1 is 1.17 bits per heavy atom. The molecule has 0 saturated heterocycles. The van der Waals surface area contributed by atoms with Crippen LogP contribution in [0.25, 0.3) is 10.9 Å². The molecule has 10 heteroatoms. The summed E-state index contributed by atoms with van der Waals surface area (Å²) in [6.45, 7) is -0.00410. The predicted octanol–water partition coefficient (Wildman–Crippen LogP) is 1.99. The Labute approximate surface area is 170 Å². The summed E-state index contributed by atoms with van der Waals surface area (Å²) in [5.41, 5.74) is -0.480. The molecule has 2 aromatic carbocycles. The number of halogens is 1. The van der Waals surface area contributed by atoms with E-state index in [1.165, 1.54) is 12.1 Å². The minimum atomic E-state index is -3.59. The molecule has 0 atom stereocenters. The van der Waals surface area contributed by atoms with Crippen molar-refractivity contribution in [2.75, 3.05) is 12.9 Å². The van der Waals surface area contributed by atoms with E-state index in [-0.39, 0.29) is 35.1 Å². The number of carbonyl (C=O) groups excluding carboxylic acids is 1. The number of esters is 1. The highest BCUT2D eigenvalue weighted by Crippen LogP contribution is 2.23. The van der Waals surface area contributed by atoms with E-state index in [9.17, 15) is 22.8 Å². The number of sulfone groups is 1. The van der Waals surface area contributed by atoms with E-state index in [4.69, 9.17) is 16.3 Å². The topological polar surface area (TPSA) is 115 Å². The minimum absolute atomic E-state index is 0.0129. The monoisotopic (exact) mass is 436 g/mol. The maximum Gasteiger partial charge on any atom is 0.338 e. The largest absolute Gasteiger partial charge is 0.462 e. The van der Waals surface area contributed by atoms with Crippen LogP contribution in [0.5, 0.6) is 0 Å². The molecule has 0 unspecified atom stereocenters. The van der Waals surface area contributed by atoms with Gasteiger partial charge >= 0.3 is 11.7 Å². The molecule has 152 valence electrons. The predicted molar refractivity (Wildman–Crippen MR) is 108 cm³/mol. The molecule has 3 aromatic rings. The van der Waals surface area contributed by atoms with E-state index in [2.05, 4.69) is 4.98 Å².